The van der Waals surface area contributed by atoms with E-state index in [2.05, 4.69) is 31.5 Å². The Kier molecular flexibility index (Phi) is 7.54. The van der Waals surface area contributed by atoms with Gasteiger partial charge in [0.2, 0.25) is 0 Å². The molecule has 0 saturated carbocycles. The van der Waals surface area contributed by atoms with Crippen LogP contribution in [-0.2, 0) is 0 Å². The minimum atomic E-state index is -0.510. The first-order valence-corrected chi connectivity index (χ1v) is 11.1. The van der Waals surface area contributed by atoms with E-state index in [1.165, 1.54) is 30.6 Å². The highest BCUT2D eigenvalue weighted by Gasteiger charge is 2.18. The lowest BCUT2D eigenvalue weighted by Crippen LogP contribution is -2.34. The van der Waals surface area contributed by atoms with Crippen LogP contribution < -0.4 is 20.1 Å². The van der Waals surface area contributed by atoms with Crippen molar-refractivity contribution in [2.24, 2.45) is 0 Å². The first kappa shape index (κ1) is 22.8. The van der Waals surface area contributed by atoms with Crippen LogP contribution in [0, 0.1) is 0 Å². The van der Waals surface area contributed by atoms with E-state index >= 15 is 0 Å². The Balaban J connectivity index is 1.71. The highest BCUT2D eigenvalue weighted by Crippen LogP contribution is 2.33. The monoisotopic (exact) mass is 545 g/mol. The largest absolute Gasteiger partial charge is 0.496 e. The quantitative estimate of drug-likeness (QED) is 0.381. The van der Waals surface area contributed by atoms with Gasteiger partial charge in [0, 0.05) is 16.0 Å². The van der Waals surface area contributed by atoms with Crippen molar-refractivity contribution in [3.8, 4) is 22.8 Å². The molecule has 1 heterocycles. The average molecular weight is 547 g/mol. The summed E-state index contributed by atoms with van der Waals surface area (Å²) in [5, 5.41) is 8.49. The van der Waals surface area contributed by atoms with Gasteiger partial charge in [-0.15, -0.1) is 11.3 Å². The molecule has 0 aliphatic rings. The van der Waals surface area contributed by atoms with Crippen LogP contribution in [0.1, 0.15) is 10.4 Å². The fourth-order valence-electron chi connectivity index (χ4n) is 2.52. The number of aromatic nitrogens is 1. The van der Waals surface area contributed by atoms with Crippen LogP contribution in [0.3, 0.4) is 0 Å². The number of benzene rings is 2. The van der Waals surface area contributed by atoms with Gasteiger partial charge in [0.05, 0.1) is 35.0 Å². The Morgan fingerprint density at radius 3 is 2.63 bits per heavy atom. The van der Waals surface area contributed by atoms with Crippen LogP contribution in [0.4, 0.5) is 5.13 Å². The van der Waals surface area contributed by atoms with Crippen molar-refractivity contribution in [3.63, 3.8) is 0 Å². The average Bonchev–Trinajstić information content (AvgIpc) is 3.15. The molecule has 0 fully saturated rings. The Morgan fingerprint density at radius 2 is 1.97 bits per heavy atom. The number of carbonyl (C=O) groups excluding carboxylic acids is 1. The summed E-state index contributed by atoms with van der Waals surface area (Å²) in [6.45, 7) is 0. The molecule has 1 aromatic heterocycles. The van der Waals surface area contributed by atoms with E-state index in [0.29, 0.717) is 10.2 Å². The van der Waals surface area contributed by atoms with Crippen LogP contribution in [-0.4, -0.2) is 30.2 Å². The third-order valence-corrected chi connectivity index (χ3v) is 5.94. The van der Waals surface area contributed by atoms with Gasteiger partial charge in [0.15, 0.2) is 10.2 Å². The number of nitrogens with zero attached hydrogens (tertiary/aromatic N) is 1. The third kappa shape index (κ3) is 5.22. The topological polar surface area (TPSA) is 72.5 Å². The lowest BCUT2D eigenvalue weighted by Gasteiger charge is -2.12. The van der Waals surface area contributed by atoms with E-state index in [1.807, 2.05) is 23.6 Å². The number of hydrogen-bond donors (Lipinski definition) is 2. The van der Waals surface area contributed by atoms with Gasteiger partial charge in [0.25, 0.3) is 5.91 Å². The van der Waals surface area contributed by atoms with Gasteiger partial charge in [0.1, 0.15) is 11.5 Å². The number of anilines is 1. The van der Waals surface area contributed by atoms with E-state index in [9.17, 15) is 4.79 Å². The highest BCUT2D eigenvalue weighted by molar-refractivity contribution is 9.10. The SMILES string of the molecule is COc1ccc(-c2csc(NC(=S)NC(=O)c3cc(Cl)cc(Cl)c3OC)n2)cc1Br. The molecule has 156 valence electrons. The highest BCUT2D eigenvalue weighted by atomic mass is 79.9. The molecular weight excluding hydrogens is 533 g/mol. The predicted octanol–water partition coefficient (Wildman–Crippen LogP) is 6.02. The molecule has 0 radical (unpaired) electrons. The minimum absolute atomic E-state index is 0.0787. The normalized spacial score (nSPS) is 10.4. The van der Waals surface area contributed by atoms with E-state index in [4.69, 9.17) is 44.9 Å². The molecule has 0 atom stereocenters. The zero-order chi connectivity index (χ0) is 21.8. The molecule has 3 rings (SSSR count). The van der Waals surface area contributed by atoms with E-state index in [-0.39, 0.29) is 21.4 Å². The smallest absolute Gasteiger partial charge is 0.261 e. The molecule has 0 saturated heterocycles. The van der Waals surface area contributed by atoms with Crippen molar-refractivity contribution in [1.82, 2.24) is 10.3 Å². The van der Waals surface area contributed by atoms with Crippen LogP contribution in [0.5, 0.6) is 11.5 Å². The summed E-state index contributed by atoms with van der Waals surface area (Å²) in [5.74, 6) is 0.431. The maximum Gasteiger partial charge on any atom is 0.261 e. The molecule has 1 amide bonds. The van der Waals surface area contributed by atoms with E-state index in [0.717, 1.165) is 21.5 Å². The Bertz CT molecular complexity index is 1120. The summed E-state index contributed by atoms with van der Waals surface area (Å²) in [6, 6.07) is 8.60. The van der Waals surface area contributed by atoms with Crippen molar-refractivity contribution in [1.29, 1.82) is 0 Å². The van der Waals surface area contributed by atoms with Crippen LogP contribution >= 0.6 is 62.7 Å². The number of carbonyl (C=O) groups is 1. The fourth-order valence-corrected chi connectivity index (χ4v) is 4.61. The molecule has 3 aromatic rings. The first-order valence-electron chi connectivity index (χ1n) is 8.27. The second-order valence-corrected chi connectivity index (χ2v) is 8.73. The summed E-state index contributed by atoms with van der Waals surface area (Å²) in [4.78, 5) is 17.1. The lowest BCUT2D eigenvalue weighted by molar-refractivity contribution is 0.0975. The van der Waals surface area contributed by atoms with Crippen molar-refractivity contribution in [2.75, 3.05) is 19.5 Å². The second kappa shape index (κ2) is 9.93. The maximum atomic E-state index is 12.6. The lowest BCUT2D eigenvalue weighted by atomic mass is 10.2. The number of thiazole rings is 1. The molecule has 6 nitrogen and oxygen atoms in total. The maximum absolute atomic E-state index is 12.6. The third-order valence-electron chi connectivity index (χ3n) is 3.86. The molecular formula is C19H14BrCl2N3O3S2. The summed E-state index contributed by atoms with van der Waals surface area (Å²) >= 11 is 22.1. The zero-order valence-electron chi connectivity index (χ0n) is 15.6. The fraction of sp³-hybridized carbons (Fsp3) is 0.105. The molecule has 11 heteroatoms. The van der Waals surface area contributed by atoms with Gasteiger partial charge in [-0.05, 0) is 58.5 Å². The van der Waals surface area contributed by atoms with Crippen LogP contribution in [0.25, 0.3) is 11.3 Å². The molecule has 0 aliphatic carbocycles. The van der Waals surface area contributed by atoms with Crippen molar-refractivity contribution >= 4 is 78.8 Å². The number of ether oxygens (including phenoxy) is 2. The molecule has 0 spiro atoms. The molecule has 30 heavy (non-hydrogen) atoms. The summed E-state index contributed by atoms with van der Waals surface area (Å²) < 4.78 is 11.3. The molecule has 2 aromatic carbocycles. The summed E-state index contributed by atoms with van der Waals surface area (Å²) in [7, 11) is 3.02. The summed E-state index contributed by atoms with van der Waals surface area (Å²) in [5.41, 5.74) is 1.82. The summed E-state index contributed by atoms with van der Waals surface area (Å²) in [6.07, 6.45) is 0. The minimum Gasteiger partial charge on any atom is -0.496 e. The van der Waals surface area contributed by atoms with Gasteiger partial charge in [-0.3, -0.25) is 10.1 Å². The van der Waals surface area contributed by atoms with Crippen molar-refractivity contribution in [2.45, 2.75) is 0 Å². The van der Waals surface area contributed by atoms with Gasteiger partial charge < -0.3 is 14.8 Å². The van der Waals surface area contributed by atoms with Gasteiger partial charge in [-0.25, -0.2) is 4.98 Å². The number of methoxy groups -OCH3 is 2. The first-order chi connectivity index (χ1) is 14.3. The van der Waals surface area contributed by atoms with Gasteiger partial charge >= 0.3 is 0 Å². The zero-order valence-corrected chi connectivity index (χ0v) is 20.3. The van der Waals surface area contributed by atoms with Gasteiger partial charge in [-0.1, -0.05) is 23.2 Å². The molecule has 2 N–H and O–H groups in total. The number of halogens is 3. The van der Waals surface area contributed by atoms with E-state index < -0.39 is 5.91 Å². The molecule has 0 bridgehead atoms. The second-order valence-electron chi connectivity index (χ2n) is 5.76. The number of nitrogens with one attached hydrogen (secondary N) is 2. The van der Waals surface area contributed by atoms with E-state index in [1.54, 1.807) is 7.11 Å². The van der Waals surface area contributed by atoms with Crippen molar-refractivity contribution in [3.05, 3.63) is 55.8 Å². The van der Waals surface area contributed by atoms with Crippen LogP contribution in [0.2, 0.25) is 10.0 Å². The Labute approximate surface area is 200 Å². The Hall–Kier alpha value is -1.91. The van der Waals surface area contributed by atoms with Crippen molar-refractivity contribution < 1.29 is 14.3 Å². The predicted molar refractivity (Wildman–Crippen MR) is 129 cm³/mol. The number of thiocarbonyl (C=S) groups is 1. The Morgan fingerprint density at radius 1 is 1.20 bits per heavy atom. The number of hydrogen-bond acceptors (Lipinski definition) is 6. The molecule has 0 aliphatic heterocycles. The standard InChI is InChI=1S/C19H14BrCl2N3O3S2/c1-27-15-4-3-9(5-12(15)20)14-8-30-19(23-14)25-18(29)24-17(26)11-6-10(21)7-13(22)16(11)28-2/h3-8H,1-2H3,(H2,23,24,25,26,29). The number of rotatable bonds is 5. The number of amides is 1. The molecule has 0 unspecified atom stereocenters. The van der Waals surface area contributed by atoms with Crippen LogP contribution in [0.15, 0.2) is 40.2 Å². The van der Waals surface area contributed by atoms with Gasteiger partial charge in [-0.2, -0.15) is 0 Å².